The Balaban J connectivity index is 0.000000528. The quantitative estimate of drug-likeness (QED) is 0.0392. The minimum absolute atomic E-state index is 0.0288. The molecule has 5 amide bonds. The number of methoxy groups -OCH3 is 4. The van der Waals surface area contributed by atoms with Crippen molar-refractivity contribution in [3.05, 3.63) is 85.0 Å². The zero-order chi connectivity index (χ0) is 49.7. The van der Waals surface area contributed by atoms with E-state index in [-0.39, 0.29) is 71.2 Å². The molecule has 0 spiro atoms. The van der Waals surface area contributed by atoms with E-state index in [0.717, 1.165) is 22.3 Å². The molecule has 22 heteroatoms. The number of alkyl carbamates (subject to hydrolysis) is 1. The number of esters is 4. The standard InChI is InChI=1S/C30H35N3O9.C15H25N3O7/c1-4-15-41-29(37)24(13-14-27(35)40-3)33-28(36)25(18-39-2)32-26(34)16-31-30(38)42-17-23-21-11-7-5-9-19(21)20-10-6-8-12-22(20)23;1-4-7-25-15(22)10(5-6-13(20)24-3)18-14(21)11(9-23-2)17-12(19)8-16/h4-12,23-25H,1,13-18H2,2-3H3,(H,31,38)(H,32,34)(H,33,36);4,10-11H,1,5-9,16H2,2-3H3,(H,17,19)(H,18,21). The first-order chi connectivity index (χ1) is 32.2. The second kappa shape index (κ2) is 30.9. The molecular formula is C45H60N6O16. The monoisotopic (exact) mass is 940 g/mol. The van der Waals surface area contributed by atoms with Crippen molar-refractivity contribution in [3.8, 4) is 11.1 Å². The van der Waals surface area contributed by atoms with E-state index in [0.29, 0.717) is 0 Å². The van der Waals surface area contributed by atoms with E-state index < -0.39 is 84.3 Å². The number of fused-ring (bicyclic) bond motifs is 3. The lowest BCUT2D eigenvalue weighted by atomic mass is 9.98. The van der Waals surface area contributed by atoms with Crippen LogP contribution in [0.3, 0.4) is 0 Å². The number of hydrogen-bond acceptors (Lipinski definition) is 17. The average Bonchev–Trinajstić information content (AvgIpc) is 3.66. The van der Waals surface area contributed by atoms with Crippen LogP contribution in [0.2, 0.25) is 0 Å². The van der Waals surface area contributed by atoms with Crippen molar-refractivity contribution < 1.29 is 76.3 Å². The molecular weight excluding hydrogens is 881 g/mol. The third kappa shape index (κ3) is 19.5. The highest BCUT2D eigenvalue weighted by Gasteiger charge is 2.31. The maximum absolute atomic E-state index is 12.9. The Morgan fingerprint density at radius 3 is 1.45 bits per heavy atom. The van der Waals surface area contributed by atoms with Crippen LogP contribution in [-0.4, -0.2) is 152 Å². The van der Waals surface area contributed by atoms with Gasteiger partial charge in [-0.05, 0) is 35.1 Å². The van der Waals surface area contributed by atoms with Crippen LogP contribution in [0, 0.1) is 0 Å². The molecule has 7 N–H and O–H groups in total. The molecule has 4 atom stereocenters. The molecule has 0 radical (unpaired) electrons. The summed E-state index contributed by atoms with van der Waals surface area (Å²) in [5, 5.41) is 12.1. The number of benzene rings is 2. The fraction of sp³-hybridized carbons (Fsp3) is 0.444. The predicted octanol–water partition coefficient (Wildman–Crippen LogP) is 0.0670. The number of amides is 5. The number of nitrogens with two attached hydrogens (primary N) is 1. The summed E-state index contributed by atoms with van der Waals surface area (Å²) in [4.78, 5) is 109. The molecule has 1 aliphatic rings. The van der Waals surface area contributed by atoms with Gasteiger partial charge in [-0.2, -0.15) is 0 Å². The van der Waals surface area contributed by atoms with Crippen LogP contribution in [-0.2, 0) is 71.5 Å². The van der Waals surface area contributed by atoms with Crippen molar-refractivity contribution >= 4 is 53.6 Å². The largest absolute Gasteiger partial charge is 0.469 e. The van der Waals surface area contributed by atoms with Crippen molar-refractivity contribution in [2.24, 2.45) is 5.73 Å². The molecule has 4 unspecified atom stereocenters. The molecule has 0 bridgehead atoms. The van der Waals surface area contributed by atoms with Gasteiger partial charge in [0, 0.05) is 33.0 Å². The van der Waals surface area contributed by atoms with E-state index in [1.165, 1.54) is 40.6 Å². The fourth-order valence-corrected chi connectivity index (χ4v) is 6.25. The maximum Gasteiger partial charge on any atom is 0.407 e. The van der Waals surface area contributed by atoms with Crippen LogP contribution in [0.25, 0.3) is 11.1 Å². The zero-order valence-electron chi connectivity index (χ0n) is 38.0. The van der Waals surface area contributed by atoms with Gasteiger partial charge in [-0.15, -0.1) is 0 Å². The molecule has 2 aromatic carbocycles. The Hall–Kier alpha value is -7.17. The summed E-state index contributed by atoms with van der Waals surface area (Å²) in [6.45, 7) is 5.69. The molecule has 22 nitrogen and oxygen atoms in total. The van der Waals surface area contributed by atoms with Crippen LogP contribution < -0.4 is 32.3 Å². The molecule has 366 valence electrons. The summed E-state index contributed by atoms with van der Waals surface area (Å²) in [7, 11) is 5.09. The highest BCUT2D eigenvalue weighted by molar-refractivity contribution is 5.93. The molecule has 0 saturated carbocycles. The molecule has 0 aromatic heterocycles. The molecule has 2 aromatic rings. The van der Waals surface area contributed by atoms with Crippen LogP contribution in [0.4, 0.5) is 4.79 Å². The SMILES string of the molecule is C=CCOC(=O)C(CCC(=O)OC)NC(=O)C(COC)NC(=O)CN.C=CCOC(=O)C(CCC(=O)OC)NC(=O)C(COC)NC(=O)CNC(=O)OCC1c2ccccc2-c2ccccc21. The van der Waals surface area contributed by atoms with E-state index in [9.17, 15) is 43.2 Å². The minimum atomic E-state index is -1.21. The number of ether oxygens (including phenoxy) is 7. The Morgan fingerprint density at radius 1 is 0.612 bits per heavy atom. The van der Waals surface area contributed by atoms with Crippen molar-refractivity contribution in [2.75, 3.05) is 74.6 Å². The Morgan fingerprint density at radius 2 is 1.04 bits per heavy atom. The van der Waals surface area contributed by atoms with Crippen LogP contribution in [0.5, 0.6) is 0 Å². The summed E-state index contributed by atoms with van der Waals surface area (Å²) < 4.78 is 34.3. The number of carbonyl (C=O) groups excluding carboxylic acids is 9. The second-order valence-electron chi connectivity index (χ2n) is 14.2. The van der Waals surface area contributed by atoms with E-state index in [1.807, 2.05) is 48.5 Å². The average molecular weight is 941 g/mol. The lowest BCUT2D eigenvalue weighted by molar-refractivity contribution is -0.149. The lowest BCUT2D eigenvalue weighted by Crippen LogP contribution is -2.55. The Kier molecular flexibility index (Phi) is 25.8. The summed E-state index contributed by atoms with van der Waals surface area (Å²) in [6, 6.07) is 11.3. The van der Waals surface area contributed by atoms with Gasteiger partial charge in [0.25, 0.3) is 0 Å². The second-order valence-corrected chi connectivity index (χ2v) is 14.2. The van der Waals surface area contributed by atoms with Gasteiger partial charge in [-0.25, -0.2) is 14.4 Å². The minimum Gasteiger partial charge on any atom is -0.469 e. The van der Waals surface area contributed by atoms with Gasteiger partial charge in [-0.3, -0.25) is 28.8 Å². The summed E-state index contributed by atoms with van der Waals surface area (Å²) >= 11 is 0. The van der Waals surface area contributed by atoms with Crippen molar-refractivity contribution in [1.29, 1.82) is 0 Å². The Bertz CT molecular complexity index is 1980. The summed E-state index contributed by atoms with van der Waals surface area (Å²) in [6.07, 6.45) is 1.54. The fourth-order valence-electron chi connectivity index (χ4n) is 6.25. The lowest BCUT2D eigenvalue weighted by Gasteiger charge is -2.22. The topological polar surface area (TPSA) is 304 Å². The van der Waals surface area contributed by atoms with Crippen molar-refractivity contribution in [1.82, 2.24) is 26.6 Å². The predicted molar refractivity (Wildman–Crippen MR) is 238 cm³/mol. The van der Waals surface area contributed by atoms with Gasteiger partial charge in [-0.1, -0.05) is 73.8 Å². The zero-order valence-corrected chi connectivity index (χ0v) is 38.0. The van der Waals surface area contributed by atoms with E-state index >= 15 is 0 Å². The van der Waals surface area contributed by atoms with Gasteiger partial charge < -0.3 is 65.5 Å². The summed E-state index contributed by atoms with van der Waals surface area (Å²) in [5.74, 6) is -5.46. The third-order valence-corrected chi connectivity index (χ3v) is 9.51. The van der Waals surface area contributed by atoms with Crippen LogP contribution in [0.15, 0.2) is 73.8 Å². The van der Waals surface area contributed by atoms with Crippen molar-refractivity contribution in [2.45, 2.75) is 55.8 Å². The van der Waals surface area contributed by atoms with E-state index in [1.54, 1.807) is 0 Å². The molecule has 0 heterocycles. The third-order valence-electron chi connectivity index (χ3n) is 9.51. The maximum atomic E-state index is 12.9. The molecule has 3 rings (SSSR count). The number of nitrogens with one attached hydrogen (secondary N) is 5. The van der Waals surface area contributed by atoms with E-state index in [2.05, 4.69) is 49.2 Å². The number of hydrogen-bond donors (Lipinski definition) is 6. The number of carbonyl (C=O) groups is 9. The normalized spacial score (nSPS) is 12.8. The van der Waals surface area contributed by atoms with E-state index in [4.69, 9.17) is 29.4 Å². The smallest absolute Gasteiger partial charge is 0.407 e. The first kappa shape index (κ1) is 56.0. The molecule has 0 aliphatic heterocycles. The Labute approximate surface area is 387 Å². The van der Waals surface area contributed by atoms with Crippen molar-refractivity contribution in [3.63, 3.8) is 0 Å². The highest BCUT2D eigenvalue weighted by atomic mass is 16.6. The van der Waals surface area contributed by atoms with Gasteiger partial charge in [0.15, 0.2) is 0 Å². The van der Waals surface area contributed by atoms with Crippen LogP contribution in [0.1, 0.15) is 42.7 Å². The van der Waals surface area contributed by atoms with Gasteiger partial charge in [0.05, 0.1) is 34.0 Å². The van der Waals surface area contributed by atoms with Gasteiger partial charge in [0.2, 0.25) is 23.6 Å². The first-order valence-electron chi connectivity index (χ1n) is 20.8. The molecule has 1 aliphatic carbocycles. The molecule has 0 saturated heterocycles. The van der Waals surface area contributed by atoms with Crippen LogP contribution >= 0.6 is 0 Å². The number of rotatable bonds is 27. The van der Waals surface area contributed by atoms with Gasteiger partial charge >= 0.3 is 30.0 Å². The summed E-state index contributed by atoms with van der Waals surface area (Å²) in [5.41, 5.74) is 9.48. The molecule has 0 fully saturated rings. The molecule has 67 heavy (non-hydrogen) atoms. The first-order valence-corrected chi connectivity index (χ1v) is 20.8. The highest BCUT2D eigenvalue weighted by Crippen LogP contribution is 2.44. The van der Waals surface area contributed by atoms with Gasteiger partial charge in [0.1, 0.15) is 50.5 Å².